The molecule has 21 heavy (non-hydrogen) atoms. The van der Waals surface area contributed by atoms with E-state index in [0.717, 1.165) is 6.42 Å². The van der Waals surface area contributed by atoms with Gasteiger partial charge in [0.1, 0.15) is 0 Å². The third-order valence-corrected chi connectivity index (χ3v) is 4.80. The van der Waals surface area contributed by atoms with E-state index in [1.54, 1.807) is 0 Å². The zero-order valence-corrected chi connectivity index (χ0v) is 14.3. The molecule has 3 rings (SSSR count). The Kier molecular flexibility index (Phi) is 4.30. The molecule has 0 aliphatic heterocycles. The second-order valence-corrected chi connectivity index (χ2v) is 6.81. The maximum Gasteiger partial charge on any atom is 0.0181 e. The lowest BCUT2D eigenvalue weighted by Crippen LogP contribution is -1.95. The van der Waals surface area contributed by atoms with E-state index in [1.807, 2.05) is 0 Å². The van der Waals surface area contributed by atoms with E-state index in [4.69, 9.17) is 0 Å². The zero-order valence-electron chi connectivity index (χ0n) is 12.7. The third-order valence-electron chi connectivity index (χ3n) is 4.31. The molecule has 0 saturated heterocycles. The van der Waals surface area contributed by atoms with Gasteiger partial charge in [-0.05, 0) is 66.1 Å². The predicted octanol–water partition coefficient (Wildman–Crippen LogP) is 6.17. The molecule has 0 amide bonds. The van der Waals surface area contributed by atoms with Crippen molar-refractivity contribution in [2.24, 2.45) is 0 Å². The number of fused-ring (bicyclic) bond motifs is 1. The lowest BCUT2D eigenvalue weighted by Gasteiger charge is -2.13. The minimum Gasteiger partial charge on any atom is -0.0654 e. The molecule has 1 aliphatic rings. The first kappa shape index (κ1) is 14.6. The molecule has 0 heterocycles. The number of hydrogen-bond acceptors (Lipinski definition) is 0. The molecule has 0 unspecified atom stereocenters. The molecule has 0 fully saturated rings. The number of benzene rings is 2. The lowest BCUT2D eigenvalue weighted by atomic mass is 9.91. The Morgan fingerprint density at radius 1 is 1.05 bits per heavy atom. The van der Waals surface area contributed by atoms with Gasteiger partial charge in [0.05, 0.1) is 0 Å². The maximum absolute atomic E-state index is 3.62. The summed E-state index contributed by atoms with van der Waals surface area (Å²) in [6.45, 7) is 4.54. The first-order valence-electron chi connectivity index (χ1n) is 7.77. The van der Waals surface area contributed by atoms with Crippen molar-refractivity contribution in [1.29, 1.82) is 0 Å². The maximum atomic E-state index is 3.62. The SMILES string of the molecule is CCCCc1ccccc1C1=C(C)Cc2ccc(Br)cc21. The lowest BCUT2D eigenvalue weighted by molar-refractivity contribution is 0.793. The van der Waals surface area contributed by atoms with Gasteiger partial charge in [-0.3, -0.25) is 0 Å². The normalized spacial score (nSPS) is 13.7. The monoisotopic (exact) mass is 340 g/mol. The first-order valence-corrected chi connectivity index (χ1v) is 8.57. The third kappa shape index (κ3) is 2.85. The van der Waals surface area contributed by atoms with Crippen LogP contribution in [0.4, 0.5) is 0 Å². The fraction of sp³-hybridized carbons (Fsp3) is 0.300. The summed E-state index contributed by atoms with van der Waals surface area (Å²) < 4.78 is 1.17. The number of halogens is 1. The van der Waals surface area contributed by atoms with Gasteiger partial charge in [-0.2, -0.15) is 0 Å². The Balaban J connectivity index is 2.09. The van der Waals surface area contributed by atoms with Crippen molar-refractivity contribution in [1.82, 2.24) is 0 Å². The highest BCUT2D eigenvalue weighted by Gasteiger charge is 2.21. The molecule has 0 saturated carbocycles. The molecule has 0 spiro atoms. The van der Waals surface area contributed by atoms with E-state index in [2.05, 4.69) is 72.2 Å². The largest absolute Gasteiger partial charge is 0.0654 e. The van der Waals surface area contributed by atoms with E-state index in [1.165, 1.54) is 57.1 Å². The van der Waals surface area contributed by atoms with Crippen molar-refractivity contribution in [3.8, 4) is 0 Å². The summed E-state index contributed by atoms with van der Waals surface area (Å²) in [5.74, 6) is 0. The van der Waals surface area contributed by atoms with Crippen molar-refractivity contribution in [3.05, 3.63) is 74.8 Å². The van der Waals surface area contributed by atoms with Gasteiger partial charge in [0, 0.05) is 4.47 Å². The van der Waals surface area contributed by atoms with Crippen LogP contribution in [0.15, 0.2) is 52.5 Å². The summed E-state index contributed by atoms with van der Waals surface area (Å²) in [5, 5.41) is 0. The minimum atomic E-state index is 1.08. The Labute approximate surface area is 136 Å². The molecule has 0 aromatic heterocycles. The van der Waals surface area contributed by atoms with Gasteiger partial charge in [-0.15, -0.1) is 0 Å². The van der Waals surface area contributed by atoms with Gasteiger partial charge in [-0.25, -0.2) is 0 Å². The molecule has 0 N–H and O–H groups in total. The second kappa shape index (κ2) is 6.19. The summed E-state index contributed by atoms with van der Waals surface area (Å²) in [6.07, 6.45) is 4.76. The van der Waals surface area contributed by atoms with Crippen LogP contribution in [0, 0.1) is 0 Å². The van der Waals surface area contributed by atoms with Crippen LogP contribution in [0.1, 0.15) is 48.9 Å². The van der Waals surface area contributed by atoms with E-state index in [-0.39, 0.29) is 0 Å². The van der Waals surface area contributed by atoms with Crippen LogP contribution >= 0.6 is 15.9 Å². The van der Waals surface area contributed by atoms with Gasteiger partial charge in [0.2, 0.25) is 0 Å². The van der Waals surface area contributed by atoms with Crippen molar-refractivity contribution >= 4 is 21.5 Å². The molecular weight excluding hydrogens is 320 g/mol. The smallest absolute Gasteiger partial charge is 0.0181 e. The van der Waals surface area contributed by atoms with Crippen LogP contribution in [0.3, 0.4) is 0 Å². The summed E-state index contributed by atoms with van der Waals surface area (Å²) in [6, 6.07) is 15.6. The molecule has 2 aromatic carbocycles. The quantitative estimate of drug-likeness (QED) is 0.624. The van der Waals surface area contributed by atoms with Crippen molar-refractivity contribution in [2.75, 3.05) is 0 Å². The van der Waals surface area contributed by atoms with Crippen LogP contribution < -0.4 is 0 Å². The van der Waals surface area contributed by atoms with Gasteiger partial charge in [0.25, 0.3) is 0 Å². The molecule has 0 atom stereocenters. The van der Waals surface area contributed by atoms with Crippen molar-refractivity contribution in [3.63, 3.8) is 0 Å². The Bertz CT molecular complexity index is 695. The summed E-state index contributed by atoms with van der Waals surface area (Å²) in [4.78, 5) is 0. The first-order chi connectivity index (χ1) is 10.2. The standard InChI is InChI=1S/C20H21Br/c1-3-4-7-15-8-5-6-9-18(15)20-14(2)12-16-10-11-17(21)13-19(16)20/h5-6,8-11,13H,3-4,7,12H2,1-2H3. The highest BCUT2D eigenvalue weighted by molar-refractivity contribution is 9.10. The van der Waals surface area contributed by atoms with Gasteiger partial charge < -0.3 is 0 Å². The van der Waals surface area contributed by atoms with E-state index in [0.29, 0.717) is 0 Å². The van der Waals surface area contributed by atoms with Gasteiger partial charge >= 0.3 is 0 Å². The summed E-state index contributed by atoms with van der Waals surface area (Å²) in [7, 11) is 0. The van der Waals surface area contributed by atoms with Gasteiger partial charge in [-0.1, -0.05) is 65.2 Å². The number of allylic oxidation sites excluding steroid dienone is 1. The topological polar surface area (TPSA) is 0 Å². The molecule has 2 aromatic rings. The average molecular weight is 341 g/mol. The Morgan fingerprint density at radius 2 is 1.86 bits per heavy atom. The molecule has 1 heteroatoms. The number of unbranched alkanes of at least 4 members (excludes halogenated alkanes) is 1. The zero-order chi connectivity index (χ0) is 14.8. The van der Waals surface area contributed by atoms with Crippen LogP contribution in [0.2, 0.25) is 0 Å². The molecular formula is C20H21Br. The highest BCUT2D eigenvalue weighted by atomic mass is 79.9. The molecule has 0 bridgehead atoms. The van der Waals surface area contributed by atoms with Gasteiger partial charge in [0.15, 0.2) is 0 Å². The Morgan fingerprint density at radius 3 is 2.67 bits per heavy atom. The minimum absolute atomic E-state index is 1.08. The molecule has 0 radical (unpaired) electrons. The Hall–Kier alpha value is -1.34. The van der Waals surface area contributed by atoms with E-state index in [9.17, 15) is 0 Å². The van der Waals surface area contributed by atoms with Crippen molar-refractivity contribution < 1.29 is 0 Å². The molecule has 1 aliphatic carbocycles. The second-order valence-electron chi connectivity index (χ2n) is 5.89. The number of rotatable bonds is 4. The summed E-state index contributed by atoms with van der Waals surface area (Å²) in [5.41, 5.74) is 8.73. The van der Waals surface area contributed by atoms with Crippen LogP contribution in [0.5, 0.6) is 0 Å². The van der Waals surface area contributed by atoms with E-state index < -0.39 is 0 Å². The van der Waals surface area contributed by atoms with Crippen LogP contribution in [-0.4, -0.2) is 0 Å². The fourth-order valence-electron chi connectivity index (χ4n) is 3.26. The average Bonchev–Trinajstić information content (AvgIpc) is 2.80. The number of hydrogen-bond donors (Lipinski definition) is 0. The summed E-state index contributed by atoms with van der Waals surface area (Å²) >= 11 is 3.62. The fourth-order valence-corrected chi connectivity index (χ4v) is 3.63. The van der Waals surface area contributed by atoms with Crippen molar-refractivity contribution in [2.45, 2.75) is 39.5 Å². The highest BCUT2D eigenvalue weighted by Crippen LogP contribution is 2.40. The van der Waals surface area contributed by atoms with Crippen LogP contribution in [-0.2, 0) is 12.8 Å². The van der Waals surface area contributed by atoms with E-state index >= 15 is 0 Å². The van der Waals surface area contributed by atoms with Crippen LogP contribution in [0.25, 0.3) is 5.57 Å². The predicted molar refractivity (Wildman–Crippen MR) is 94.6 cm³/mol. The number of aryl methyl sites for hydroxylation is 1. The molecule has 0 nitrogen and oxygen atoms in total. The molecule has 108 valence electrons.